The van der Waals surface area contributed by atoms with Crippen molar-refractivity contribution in [1.29, 1.82) is 0 Å². The molecule has 2 heterocycles. The summed E-state index contributed by atoms with van der Waals surface area (Å²) >= 11 is 0. The molecular weight excluding hydrogens is 388 g/mol. The molecule has 1 aliphatic heterocycles. The third-order valence-corrected chi connectivity index (χ3v) is 7.11. The zero-order valence-corrected chi connectivity index (χ0v) is 16.9. The second-order valence-corrected chi connectivity index (χ2v) is 8.92. The molecule has 1 aliphatic rings. The van der Waals surface area contributed by atoms with Crippen molar-refractivity contribution in [3.8, 4) is 5.69 Å². The fourth-order valence-corrected chi connectivity index (χ4v) is 5.19. The van der Waals surface area contributed by atoms with Gasteiger partial charge >= 0.3 is 0 Å². The maximum Gasteiger partial charge on any atom is 0.253 e. The molecule has 1 unspecified atom stereocenters. The summed E-state index contributed by atoms with van der Waals surface area (Å²) in [4.78, 5) is 14.6. The Morgan fingerprint density at radius 2 is 1.72 bits per heavy atom. The van der Waals surface area contributed by atoms with Crippen molar-refractivity contribution in [2.45, 2.75) is 17.9 Å². The Morgan fingerprint density at radius 1 is 1.00 bits per heavy atom. The summed E-state index contributed by atoms with van der Waals surface area (Å²) in [6.45, 7) is 2.82. The Kier molecular flexibility index (Phi) is 5.21. The SMILES string of the molecule is CC1CN(C(=O)c2ccccc2)CCN1S(=O)(=O)c1ccc(-n2cccn2)cc1. The highest BCUT2D eigenvalue weighted by Crippen LogP contribution is 2.23. The molecule has 1 amide bonds. The highest BCUT2D eigenvalue weighted by atomic mass is 32.2. The van der Waals surface area contributed by atoms with E-state index >= 15 is 0 Å². The third-order valence-electron chi connectivity index (χ3n) is 5.09. The fourth-order valence-electron chi connectivity index (χ4n) is 3.57. The van der Waals surface area contributed by atoms with Crippen LogP contribution in [-0.4, -0.2) is 59.0 Å². The van der Waals surface area contributed by atoms with Gasteiger partial charge in [0.2, 0.25) is 10.0 Å². The highest BCUT2D eigenvalue weighted by molar-refractivity contribution is 7.89. The molecule has 1 aromatic heterocycles. The first-order valence-electron chi connectivity index (χ1n) is 9.43. The van der Waals surface area contributed by atoms with Crippen LogP contribution in [0.2, 0.25) is 0 Å². The smallest absolute Gasteiger partial charge is 0.253 e. The Balaban J connectivity index is 1.49. The Hall–Kier alpha value is -2.97. The van der Waals surface area contributed by atoms with Crippen LogP contribution in [0.25, 0.3) is 5.69 Å². The molecule has 0 N–H and O–H groups in total. The quantitative estimate of drug-likeness (QED) is 0.662. The molecule has 29 heavy (non-hydrogen) atoms. The first-order valence-corrected chi connectivity index (χ1v) is 10.9. The highest BCUT2D eigenvalue weighted by Gasteiger charge is 2.35. The number of aromatic nitrogens is 2. The van der Waals surface area contributed by atoms with E-state index in [0.29, 0.717) is 18.7 Å². The van der Waals surface area contributed by atoms with Gasteiger partial charge in [-0.25, -0.2) is 13.1 Å². The van der Waals surface area contributed by atoms with Crippen molar-refractivity contribution in [3.05, 3.63) is 78.6 Å². The first-order chi connectivity index (χ1) is 14.0. The molecule has 1 fully saturated rings. The van der Waals surface area contributed by atoms with Gasteiger partial charge in [-0.15, -0.1) is 0 Å². The number of sulfonamides is 1. The minimum Gasteiger partial charge on any atom is -0.336 e. The van der Waals surface area contributed by atoms with E-state index in [1.54, 1.807) is 58.4 Å². The minimum atomic E-state index is -3.64. The van der Waals surface area contributed by atoms with Gasteiger partial charge in [0.1, 0.15) is 0 Å². The summed E-state index contributed by atoms with van der Waals surface area (Å²) in [6, 6.07) is 17.2. The van der Waals surface area contributed by atoms with Gasteiger partial charge in [-0.1, -0.05) is 18.2 Å². The van der Waals surface area contributed by atoms with E-state index in [-0.39, 0.29) is 23.4 Å². The lowest BCUT2D eigenvalue weighted by molar-refractivity contribution is 0.0642. The van der Waals surface area contributed by atoms with Crippen LogP contribution >= 0.6 is 0 Å². The van der Waals surface area contributed by atoms with Crippen LogP contribution in [0.1, 0.15) is 17.3 Å². The summed E-state index contributed by atoms with van der Waals surface area (Å²) in [5.74, 6) is -0.0712. The molecule has 1 saturated heterocycles. The van der Waals surface area contributed by atoms with Crippen LogP contribution in [0.5, 0.6) is 0 Å². The molecule has 150 valence electrons. The Morgan fingerprint density at radius 3 is 2.34 bits per heavy atom. The van der Waals surface area contributed by atoms with E-state index in [2.05, 4.69) is 5.10 Å². The van der Waals surface area contributed by atoms with Gasteiger partial charge in [0.05, 0.1) is 10.6 Å². The molecule has 4 rings (SSSR count). The molecule has 0 bridgehead atoms. The van der Waals surface area contributed by atoms with E-state index in [0.717, 1.165) is 5.69 Å². The zero-order valence-electron chi connectivity index (χ0n) is 16.0. The first kappa shape index (κ1) is 19.4. The second-order valence-electron chi connectivity index (χ2n) is 7.03. The van der Waals surface area contributed by atoms with E-state index in [1.165, 1.54) is 4.31 Å². The predicted molar refractivity (Wildman–Crippen MR) is 109 cm³/mol. The van der Waals surface area contributed by atoms with Crippen LogP contribution in [0.15, 0.2) is 78.0 Å². The van der Waals surface area contributed by atoms with Crippen LogP contribution in [-0.2, 0) is 10.0 Å². The van der Waals surface area contributed by atoms with Gasteiger partial charge in [0.25, 0.3) is 5.91 Å². The van der Waals surface area contributed by atoms with E-state index in [9.17, 15) is 13.2 Å². The molecule has 3 aromatic rings. The molecule has 0 radical (unpaired) electrons. The third kappa shape index (κ3) is 3.81. The number of amides is 1. The normalized spacial score (nSPS) is 18.0. The van der Waals surface area contributed by atoms with Crippen molar-refractivity contribution in [1.82, 2.24) is 19.0 Å². The summed E-state index contributed by atoms with van der Waals surface area (Å²) in [5, 5.41) is 4.15. The summed E-state index contributed by atoms with van der Waals surface area (Å²) in [6.07, 6.45) is 3.47. The van der Waals surface area contributed by atoms with Crippen molar-refractivity contribution in [2.75, 3.05) is 19.6 Å². The number of hydrogen-bond acceptors (Lipinski definition) is 4. The van der Waals surface area contributed by atoms with Gasteiger partial charge < -0.3 is 4.90 Å². The predicted octanol–water partition coefficient (Wildman–Crippen LogP) is 2.41. The summed E-state index contributed by atoms with van der Waals surface area (Å²) in [7, 11) is -3.64. The summed E-state index contributed by atoms with van der Waals surface area (Å²) in [5.41, 5.74) is 1.41. The number of carbonyl (C=O) groups is 1. The molecule has 2 aromatic carbocycles. The standard InChI is InChI=1S/C21H22N4O3S/c1-17-16-23(21(26)18-6-3-2-4-7-18)14-15-25(17)29(27,28)20-10-8-19(9-11-20)24-13-5-12-22-24/h2-13,17H,14-16H2,1H3. The molecule has 8 heteroatoms. The summed E-state index contributed by atoms with van der Waals surface area (Å²) < 4.78 is 29.4. The maximum atomic E-state index is 13.1. The number of carbonyl (C=O) groups excluding carboxylic acids is 1. The van der Waals surface area contributed by atoms with Gasteiger partial charge in [0.15, 0.2) is 0 Å². The zero-order chi connectivity index (χ0) is 20.4. The van der Waals surface area contributed by atoms with Crippen LogP contribution in [0.3, 0.4) is 0 Å². The van der Waals surface area contributed by atoms with Crippen molar-refractivity contribution in [3.63, 3.8) is 0 Å². The number of nitrogens with zero attached hydrogens (tertiary/aromatic N) is 4. The number of benzene rings is 2. The van der Waals surface area contributed by atoms with E-state index in [1.807, 2.05) is 31.2 Å². The maximum absolute atomic E-state index is 13.1. The fraction of sp³-hybridized carbons (Fsp3) is 0.238. The monoisotopic (exact) mass is 410 g/mol. The number of rotatable bonds is 4. The molecule has 1 atom stereocenters. The van der Waals surface area contributed by atoms with Crippen molar-refractivity contribution in [2.24, 2.45) is 0 Å². The Labute approximate surface area is 170 Å². The molecular formula is C21H22N4O3S. The largest absolute Gasteiger partial charge is 0.336 e. The van der Waals surface area contributed by atoms with Gasteiger partial charge in [-0.3, -0.25) is 4.79 Å². The minimum absolute atomic E-state index is 0.0712. The van der Waals surface area contributed by atoms with Gasteiger partial charge in [-0.05, 0) is 49.4 Å². The topological polar surface area (TPSA) is 75.5 Å². The van der Waals surface area contributed by atoms with E-state index < -0.39 is 10.0 Å². The van der Waals surface area contributed by atoms with Gasteiger partial charge in [-0.2, -0.15) is 9.40 Å². The van der Waals surface area contributed by atoms with Crippen molar-refractivity contribution >= 4 is 15.9 Å². The lowest BCUT2D eigenvalue weighted by atomic mass is 10.1. The molecule has 7 nitrogen and oxygen atoms in total. The second kappa shape index (κ2) is 7.81. The van der Waals surface area contributed by atoms with Crippen LogP contribution in [0, 0.1) is 0 Å². The average Bonchev–Trinajstić information content (AvgIpc) is 3.28. The van der Waals surface area contributed by atoms with Crippen LogP contribution in [0.4, 0.5) is 0 Å². The number of piperazine rings is 1. The van der Waals surface area contributed by atoms with Crippen LogP contribution < -0.4 is 0 Å². The lowest BCUT2D eigenvalue weighted by Crippen LogP contribution is -2.55. The van der Waals surface area contributed by atoms with E-state index in [4.69, 9.17) is 0 Å². The van der Waals surface area contributed by atoms with Gasteiger partial charge in [0, 0.05) is 43.6 Å². The number of hydrogen-bond donors (Lipinski definition) is 0. The van der Waals surface area contributed by atoms with Crippen molar-refractivity contribution < 1.29 is 13.2 Å². The molecule has 0 spiro atoms. The molecule has 0 saturated carbocycles. The lowest BCUT2D eigenvalue weighted by Gasteiger charge is -2.39. The Bertz CT molecular complexity index is 1080. The average molecular weight is 410 g/mol. The molecule has 0 aliphatic carbocycles.